The minimum absolute atomic E-state index is 0.364. The molecule has 0 unspecified atom stereocenters. The maximum atomic E-state index is 13.6. The van der Waals surface area contributed by atoms with Gasteiger partial charge in [0.2, 0.25) is 5.88 Å². The van der Waals surface area contributed by atoms with Gasteiger partial charge in [-0.3, -0.25) is 0 Å². The van der Waals surface area contributed by atoms with Crippen LogP contribution in [-0.4, -0.2) is 12.1 Å². The maximum Gasteiger partial charge on any atom is 0.213 e. The Kier molecular flexibility index (Phi) is 3.19. The number of pyridine rings is 1. The fourth-order valence-corrected chi connectivity index (χ4v) is 1.55. The fraction of sp³-hybridized carbons (Fsp3) is 0.0714. The number of halogens is 1. The molecule has 0 aliphatic carbocycles. The molecule has 0 aliphatic heterocycles. The van der Waals surface area contributed by atoms with Gasteiger partial charge in [-0.2, -0.15) is 0 Å². The predicted molar refractivity (Wildman–Crippen MR) is 66.3 cm³/mol. The molecular formula is C14H12FNO. The van der Waals surface area contributed by atoms with Gasteiger partial charge in [-0.05, 0) is 11.1 Å². The van der Waals surface area contributed by atoms with E-state index >= 15 is 0 Å². The fourth-order valence-electron chi connectivity index (χ4n) is 1.55. The molecule has 0 saturated heterocycles. The summed E-state index contributed by atoms with van der Waals surface area (Å²) in [4.78, 5) is 3.80. The molecule has 1 aromatic heterocycles. The lowest BCUT2D eigenvalue weighted by molar-refractivity contribution is 0.396. The average Bonchev–Trinajstić information content (AvgIpc) is 2.39. The summed E-state index contributed by atoms with van der Waals surface area (Å²) in [6.45, 7) is 3.67. The first-order chi connectivity index (χ1) is 8.24. The van der Waals surface area contributed by atoms with Crippen LogP contribution in [-0.2, 0) is 0 Å². The number of hydrogen-bond donors (Lipinski definition) is 0. The SMILES string of the molecule is C=Cc1ccc(-c2cc(OC)ncc2F)cc1. The van der Waals surface area contributed by atoms with Crippen molar-refractivity contribution < 1.29 is 9.13 Å². The number of hydrogen-bond acceptors (Lipinski definition) is 2. The van der Waals surface area contributed by atoms with Crippen molar-refractivity contribution in [1.82, 2.24) is 4.98 Å². The molecule has 0 radical (unpaired) electrons. The largest absolute Gasteiger partial charge is 0.481 e. The molecule has 1 aromatic carbocycles. The Balaban J connectivity index is 2.47. The molecule has 0 saturated carbocycles. The van der Waals surface area contributed by atoms with E-state index in [4.69, 9.17) is 4.74 Å². The summed E-state index contributed by atoms with van der Waals surface area (Å²) in [6.07, 6.45) is 2.91. The molecule has 0 amide bonds. The molecule has 2 aromatic rings. The molecule has 17 heavy (non-hydrogen) atoms. The van der Waals surface area contributed by atoms with Gasteiger partial charge < -0.3 is 4.74 Å². The van der Waals surface area contributed by atoms with Crippen LogP contribution in [0.25, 0.3) is 17.2 Å². The predicted octanol–water partition coefficient (Wildman–Crippen LogP) is 3.54. The highest BCUT2D eigenvalue weighted by molar-refractivity contribution is 5.66. The minimum atomic E-state index is -0.364. The smallest absolute Gasteiger partial charge is 0.213 e. The van der Waals surface area contributed by atoms with E-state index in [1.54, 1.807) is 12.1 Å². The van der Waals surface area contributed by atoms with E-state index in [-0.39, 0.29) is 5.82 Å². The molecule has 0 fully saturated rings. The van der Waals surface area contributed by atoms with Crippen molar-refractivity contribution >= 4 is 6.08 Å². The third-order valence-corrected chi connectivity index (χ3v) is 2.50. The highest BCUT2D eigenvalue weighted by Gasteiger charge is 2.07. The van der Waals surface area contributed by atoms with Crippen molar-refractivity contribution in [3.05, 3.63) is 54.5 Å². The van der Waals surface area contributed by atoms with Crippen LogP contribution in [0.15, 0.2) is 43.1 Å². The summed E-state index contributed by atoms with van der Waals surface area (Å²) >= 11 is 0. The van der Waals surface area contributed by atoms with E-state index in [9.17, 15) is 4.39 Å². The lowest BCUT2D eigenvalue weighted by Gasteiger charge is -2.06. The molecule has 0 atom stereocenters. The van der Waals surface area contributed by atoms with E-state index < -0.39 is 0 Å². The van der Waals surface area contributed by atoms with Crippen LogP contribution in [0.5, 0.6) is 5.88 Å². The Morgan fingerprint density at radius 2 is 2.00 bits per heavy atom. The second-order valence-corrected chi connectivity index (χ2v) is 3.53. The molecule has 0 bridgehead atoms. The lowest BCUT2D eigenvalue weighted by atomic mass is 10.0. The molecule has 2 rings (SSSR count). The molecule has 86 valence electrons. The number of rotatable bonds is 3. The normalized spacial score (nSPS) is 10.0. The molecule has 2 nitrogen and oxygen atoms in total. The summed E-state index contributed by atoms with van der Waals surface area (Å²) in [5.41, 5.74) is 2.26. The van der Waals surface area contributed by atoms with E-state index in [1.165, 1.54) is 7.11 Å². The third kappa shape index (κ3) is 2.33. The zero-order valence-electron chi connectivity index (χ0n) is 9.48. The van der Waals surface area contributed by atoms with Crippen molar-refractivity contribution in [1.29, 1.82) is 0 Å². The van der Waals surface area contributed by atoms with Gasteiger partial charge in [-0.25, -0.2) is 9.37 Å². The summed E-state index contributed by atoms with van der Waals surface area (Å²) in [6, 6.07) is 9.03. The van der Waals surface area contributed by atoms with Crippen molar-refractivity contribution in [3.8, 4) is 17.0 Å². The molecule has 3 heteroatoms. The van der Waals surface area contributed by atoms with Crippen LogP contribution in [0.4, 0.5) is 4.39 Å². The van der Waals surface area contributed by atoms with Crippen LogP contribution >= 0.6 is 0 Å². The van der Waals surface area contributed by atoms with Gasteiger partial charge >= 0.3 is 0 Å². The number of methoxy groups -OCH3 is 1. The van der Waals surface area contributed by atoms with Gasteiger partial charge in [0.1, 0.15) is 5.82 Å². The topological polar surface area (TPSA) is 22.1 Å². The van der Waals surface area contributed by atoms with Crippen LogP contribution in [0.2, 0.25) is 0 Å². The van der Waals surface area contributed by atoms with E-state index in [0.29, 0.717) is 11.4 Å². The standard InChI is InChI=1S/C14H12FNO/c1-3-10-4-6-11(7-5-10)12-8-14(17-2)16-9-13(12)15/h3-9H,1H2,2H3. The molecule has 0 N–H and O–H groups in total. The Morgan fingerprint density at radius 1 is 1.29 bits per heavy atom. The van der Waals surface area contributed by atoms with E-state index in [2.05, 4.69) is 11.6 Å². The van der Waals surface area contributed by atoms with Crippen LogP contribution in [0.3, 0.4) is 0 Å². The zero-order chi connectivity index (χ0) is 12.3. The first kappa shape index (κ1) is 11.3. The van der Waals surface area contributed by atoms with Gasteiger partial charge in [-0.1, -0.05) is 36.9 Å². The Morgan fingerprint density at radius 3 is 2.59 bits per heavy atom. The second-order valence-electron chi connectivity index (χ2n) is 3.53. The van der Waals surface area contributed by atoms with Crippen LogP contribution in [0.1, 0.15) is 5.56 Å². The summed E-state index contributed by atoms with van der Waals surface area (Å²) in [5, 5.41) is 0. The maximum absolute atomic E-state index is 13.6. The number of aromatic nitrogens is 1. The molecule has 0 spiro atoms. The highest BCUT2D eigenvalue weighted by Crippen LogP contribution is 2.25. The first-order valence-corrected chi connectivity index (χ1v) is 5.17. The van der Waals surface area contributed by atoms with Crippen molar-refractivity contribution in [2.75, 3.05) is 7.11 Å². The van der Waals surface area contributed by atoms with Crippen LogP contribution < -0.4 is 4.74 Å². The summed E-state index contributed by atoms with van der Waals surface area (Å²) in [5.74, 6) is 0.0337. The second kappa shape index (κ2) is 4.78. The van der Waals surface area contributed by atoms with Gasteiger partial charge in [0.25, 0.3) is 0 Å². The van der Waals surface area contributed by atoms with Crippen LogP contribution in [0, 0.1) is 5.82 Å². The van der Waals surface area contributed by atoms with Gasteiger partial charge in [0.05, 0.1) is 13.3 Å². The monoisotopic (exact) mass is 229 g/mol. The van der Waals surface area contributed by atoms with E-state index in [1.807, 2.05) is 24.3 Å². The van der Waals surface area contributed by atoms with Crippen molar-refractivity contribution in [2.45, 2.75) is 0 Å². The molecule has 0 aliphatic rings. The summed E-state index contributed by atoms with van der Waals surface area (Å²) in [7, 11) is 1.50. The minimum Gasteiger partial charge on any atom is -0.481 e. The number of ether oxygens (including phenoxy) is 1. The average molecular weight is 229 g/mol. The zero-order valence-corrected chi connectivity index (χ0v) is 9.48. The Bertz CT molecular complexity index is 534. The molecular weight excluding hydrogens is 217 g/mol. The lowest BCUT2D eigenvalue weighted by Crippen LogP contribution is -1.91. The van der Waals surface area contributed by atoms with Crippen molar-refractivity contribution in [3.63, 3.8) is 0 Å². The summed E-state index contributed by atoms with van der Waals surface area (Å²) < 4.78 is 18.6. The first-order valence-electron chi connectivity index (χ1n) is 5.17. The Labute approximate surface area is 99.4 Å². The van der Waals surface area contributed by atoms with E-state index in [0.717, 1.165) is 17.3 Å². The quantitative estimate of drug-likeness (QED) is 0.803. The van der Waals surface area contributed by atoms with Crippen molar-refractivity contribution in [2.24, 2.45) is 0 Å². The number of benzene rings is 1. The van der Waals surface area contributed by atoms with Gasteiger partial charge in [0, 0.05) is 11.6 Å². The van der Waals surface area contributed by atoms with Gasteiger partial charge in [0.15, 0.2) is 0 Å². The van der Waals surface area contributed by atoms with Gasteiger partial charge in [-0.15, -0.1) is 0 Å². The third-order valence-electron chi connectivity index (χ3n) is 2.50. The molecule has 1 heterocycles. The highest BCUT2D eigenvalue weighted by atomic mass is 19.1. The number of nitrogens with zero attached hydrogens (tertiary/aromatic N) is 1. The Hall–Kier alpha value is -2.16.